The molecule has 0 aliphatic heterocycles. The Morgan fingerprint density at radius 2 is 1.23 bits per heavy atom. The summed E-state index contributed by atoms with van der Waals surface area (Å²) in [5.41, 5.74) is 1.72. The monoisotopic (exact) mass is 682 g/mol. The number of hydrogen-bond acceptors (Lipinski definition) is 7. The van der Waals surface area contributed by atoms with E-state index in [-0.39, 0.29) is 36.5 Å². The van der Waals surface area contributed by atoms with Gasteiger partial charge in [0.05, 0.1) is 45.0 Å². The maximum atomic E-state index is 13.7. The van der Waals surface area contributed by atoms with E-state index in [1.165, 1.54) is 0 Å². The Balaban J connectivity index is 2.09. The highest BCUT2D eigenvalue weighted by Crippen LogP contribution is 2.44. The van der Waals surface area contributed by atoms with Gasteiger partial charge in [0.25, 0.3) is 0 Å². The van der Waals surface area contributed by atoms with E-state index < -0.39 is 38.1 Å². The molecule has 0 radical (unpaired) electrons. The maximum absolute atomic E-state index is 13.7. The molecule has 0 aliphatic rings. The summed E-state index contributed by atoms with van der Waals surface area (Å²) in [7, 11) is -0.926. The average molecular weight is 683 g/mol. The summed E-state index contributed by atoms with van der Waals surface area (Å²) < 4.78 is 31.8. The minimum atomic E-state index is -2.54. The van der Waals surface area contributed by atoms with E-state index in [2.05, 4.69) is 33.9 Å². The first-order valence-electron chi connectivity index (χ1n) is 16.0. The number of ether oxygens (including phenoxy) is 4. The summed E-state index contributed by atoms with van der Waals surface area (Å²) >= 11 is 6.24. The number of ketones is 1. The molecule has 3 rings (SSSR count). The molecule has 9 heteroatoms. The normalized spacial score (nSPS) is 15.0. The molecule has 7 nitrogen and oxygen atoms in total. The van der Waals surface area contributed by atoms with Gasteiger partial charge < -0.3 is 28.2 Å². The zero-order valence-corrected chi connectivity index (χ0v) is 30.8. The lowest BCUT2D eigenvalue weighted by molar-refractivity contribution is -0.183. The number of carbonyl (C=O) groups is 2. The van der Waals surface area contributed by atoms with E-state index in [0.29, 0.717) is 0 Å². The molecule has 4 unspecified atom stereocenters. The van der Waals surface area contributed by atoms with E-state index in [9.17, 15) is 9.59 Å². The van der Waals surface area contributed by atoms with Gasteiger partial charge >= 0.3 is 0 Å². The van der Waals surface area contributed by atoms with Gasteiger partial charge in [0, 0.05) is 5.41 Å². The summed E-state index contributed by atoms with van der Waals surface area (Å²) in [5.74, 6) is 0.163. The van der Waals surface area contributed by atoms with E-state index in [1.807, 2.05) is 98.8 Å². The Morgan fingerprint density at radius 3 is 1.70 bits per heavy atom. The van der Waals surface area contributed by atoms with Gasteiger partial charge in [-0.05, 0) is 47.0 Å². The van der Waals surface area contributed by atoms with Crippen LogP contribution in [0.4, 0.5) is 0 Å². The Bertz CT molecular complexity index is 1370. The highest BCUT2D eigenvalue weighted by Gasteiger charge is 2.52. The maximum Gasteiger partial charge on any atom is 0.192 e. The first-order valence-corrected chi connectivity index (χ1v) is 19.4. The number of halogens is 1. The van der Waals surface area contributed by atoms with E-state index in [0.717, 1.165) is 28.7 Å². The predicted octanol–water partition coefficient (Wildman–Crippen LogP) is 8.17. The molecule has 47 heavy (non-hydrogen) atoms. The molecule has 256 valence electrons. The van der Waals surface area contributed by atoms with Crippen LogP contribution in [0.2, 0.25) is 18.1 Å². The van der Waals surface area contributed by atoms with Crippen molar-refractivity contribution in [1.29, 1.82) is 0 Å². The van der Waals surface area contributed by atoms with Crippen molar-refractivity contribution in [3.05, 3.63) is 102 Å². The van der Waals surface area contributed by atoms with Gasteiger partial charge in [-0.15, -0.1) is 11.6 Å². The molecule has 0 spiro atoms. The zero-order chi connectivity index (χ0) is 34.7. The third kappa shape index (κ3) is 10.8. The highest BCUT2D eigenvalue weighted by atomic mass is 35.5. The van der Waals surface area contributed by atoms with Crippen LogP contribution in [-0.4, -0.2) is 57.8 Å². The second-order valence-corrected chi connectivity index (χ2v) is 18.9. The predicted molar refractivity (Wildman–Crippen MR) is 189 cm³/mol. The second kappa shape index (κ2) is 17.5. The molecule has 0 saturated heterocycles. The van der Waals surface area contributed by atoms with Crippen molar-refractivity contribution in [3.63, 3.8) is 0 Å². The number of hydrogen-bond donors (Lipinski definition) is 0. The standard InChI is InChI=1S/C38H51ClO7Si/c1-37(2,3)47(7,8)46-36(34(32(41)23-39)44-26-29-17-13-10-14-18-29)38(4,5)35(45-27-30-19-21-31(42-6)22-20-30)33(24-40)43-25-28-15-11-9-12-16-28/h9-22,24,33-36H,23,25-27H2,1-8H3. The van der Waals surface area contributed by atoms with Crippen LogP contribution in [0.1, 0.15) is 51.3 Å². The summed E-state index contributed by atoms with van der Waals surface area (Å²) in [6.45, 7) is 15.1. The van der Waals surface area contributed by atoms with Crippen LogP contribution < -0.4 is 4.74 Å². The number of rotatable bonds is 19. The van der Waals surface area contributed by atoms with E-state index >= 15 is 0 Å². The highest BCUT2D eigenvalue weighted by molar-refractivity contribution is 6.74. The molecule has 0 aliphatic carbocycles. The summed E-state index contributed by atoms with van der Waals surface area (Å²) in [6.07, 6.45) is -2.93. The van der Waals surface area contributed by atoms with Crippen molar-refractivity contribution >= 4 is 32.0 Å². The topological polar surface area (TPSA) is 80.3 Å². The molecule has 0 saturated carbocycles. The Kier molecular flexibility index (Phi) is 14.4. The van der Waals surface area contributed by atoms with Gasteiger partial charge in [-0.25, -0.2) is 0 Å². The number of methoxy groups -OCH3 is 1. The van der Waals surface area contributed by atoms with Crippen molar-refractivity contribution in [2.75, 3.05) is 13.0 Å². The zero-order valence-electron chi connectivity index (χ0n) is 29.0. The first kappa shape index (κ1) is 38.6. The number of Topliss-reactive ketones (excluding diaryl/α,β-unsaturated/α-hetero) is 1. The second-order valence-electron chi connectivity index (χ2n) is 13.9. The molecule has 0 heterocycles. The summed E-state index contributed by atoms with van der Waals surface area (Å²) in [5, 5.41) is -0.192. The number of alkyl halides is 1. The Hall–Kier alpha value is -2.85. The van der Waals surface area contributed by atoms with Crippen molar-refractivity contribution in [1.82, 2.24) is 0 Å². The van der Waals surface area contributed by atoms with Gasteiger partial charge in [0.2, 0.25) is 0 Å². The lowest BCUT2D eigenvalue weighted by Gasteiger charge is -2.49. The van der Waals surface area contributed by atoms with E-state index in [4.69, 9.17) is 35.0 Å². The van der Waals surface area contributed by atoms with Gasteiger partial charge in [-0.3, -0.25) is 4.79 Å². The molecular formula is C38H51ClO7Si. The lowest BCUT2D eigenvalue weighted by atomic mass is 9.75. The number of carbonyl (C=O) groups excluding carboxylic acids is 2. The van der Waals surface area contributed by atoms with Gasteiger partial charge in [-0.1, -0.05) is 107 Å². The fourth-order valence-corrected chi connectivity index (χ4v) is 6.62. The van der Waals surface area contributed by atoms with Crippen LogP contribution in [0.25, 0.3) is 0 Å². The van der Waals surface area contributed by atoms with Crippen LogP contribution in [0.3, 0.4) is 0 Å². The molecular weight excluding hydrogens is 632 g/mol. The SMILES string of the molecule is COc1ccc(COC(C(C=O)OCc2ccccc2)C(C)(C)C(O[Si](C)(C)C(C)(C)C)C(OCc2ccccc2)C(=O)CCl)cc1. The van der Waals surface area contributed by atoms with Gasteiger partial charge in [0.15, 0.2) is 20.4 Å². The number of aldehydes is 1. The van der Waals surface area contributed by atoms with Crippen LogP contribution >= 0.6 is 11.6 Å². The largest absolute Gasteiger partial charge is 0.497 e. The van der Waals surface area contributed by atoms with Crippen LogP contribution in [-0.2, 0) is 48.0 Å². The quantitative estimate of drug-likeness (QED) is 0.0717. The third-order valence-electron chi connectivity index (χ3n) is 9.00. The molecule has 0 fully saturated rings. The third-order valence-corrected chi connectivity index (χ3v) is 13.7. The molecule has 0 aromatic heterocycles. The van der Waals surface area contributed by atoms with Gasteiger partial charge in [0.1, 0.15) is 18.0 Å². The molecule has 3 aromatic carbocycles. The van der Waals surface area contributed by atoms with Crippen LogP contribution in [0.5, 0.6) is 5.75 Å². The van der Waals surface area contributed by atoms with Crippen molar-refractivity contribution < 1.29 is 33.0 Å². The van der Waals surface area contributed by atoms with Crippen molar-refractivity contribution in [3.8, 4) is 5.75 Å². The van der Waals surface area contributed by atoms with Crippen molar-refractivity contribution in [2.45, 2.75) is 97.0 Å². The fourth-order valence-electron chi connectivity index (χ4n) is 5.05. The van der Waals surface area contributed by atoms with Gasteiger partial charge in [-0.2, -0.15) is 0 Å². The molecule has 0 bridgehead atoms. The molecule has 0 N–H and O–H groups in total. The lowest BCUT2D eigenvalue weighted by Crippen LogP contribution is -2.60. The smallest absolute Gasteiger partial charge is 0.192 e. The molecule has 3 aromatic rings. The first-order chi connectivity index (χ1) is 22.2. The molecule has 0 amide bonds. The minimum Gasteiger partial charge on any atom is -0.497 e. The summed E-state index contributed by atoms with van der Waals surface area (Å²) in [6, 6.07) is 26.9. The van der Waals surface area contributed by atoms with E-state index in [1.54, 1.807) is 7.11 Å². The fraction of sp³-hybridized carbons (Fsp3) is 0.474. The van der Waals surface area contributed by atoms with Crippen LogP contribution in [0, 0.1) is 5.41 Å². The minimum absolute atomic E-state index is 0.181. The van der Waals surface area contributed by atoms with Crippen LogP contribution in [0.15, 0.2) is 84.9 Å². The Morgan fingerprint density at radius 1 is 0.745 bits per heavy atom. The van der Waals surface area contributed by atoms with Crippen molar-refractivity contribution in [2.24, 2.45) is 5.41 Å². The molecule has 4 atom stereocenters. The summed E-state index contributed by atoms with van der Waals surface area (Å²) in [4.78, 5) is 26.6. The number of benzene rings is 3. The Labute approximate surface area is 287 Å². The average Bonchev–Trinajstić information content (AvgIpc) is 3.06.